The van der Waals surface area contributed by atoms with Crippen molar-refractivity contribution >= 4 is 11.8 Å². The number of carbonyl (C=O) groups excluding carboxylic acids is 2. The highest BCUT2D eigenvalue weighted by Crippen LogP contribution is 2.68. The SMILES string of the molecule is C=C1C(=O)C2C(CCC3(C)C2CCC3[C@H](C)CCC(=O)OC)C2(C)CCCCCC12.CC. The third kappa shape index (κ3) is 4.11. The highest BCUT2D eigenvalue weighted by molar-refractivity contribution is 5.99. The van der Waals surface area contributed by atoms with E-state index in [2.05, 4.69) is 27.4 Å². The molecule has 0 radical (unpaired) electrons. The maximum Gasteiger partial charge on any atom is 0.305 e. The van der Waals surface area contributed by atoms with Crippen molar-refractivity contribution in [2.75, 3.05) is 7.11 Å². The van der Waals surface area contributed by atoms with Gasteiger partial charge in [-0.3, -0.25) is 9.59 Å². The quantitative estimate of drug-likeness (QED) is 0.335. The Morgan fingerprint density at radius 3 is 2.41 bits per heavy atom. The number of Topliss-reactive ketones (excluding diaryl/α,β-unsaturated/α-hetero) is 1. The number of carbonyl (C=O) groups is 2. The van der Waals surface area contributed by atoms with Gasteiger partial charge in [0, 0.05) is 12.3 Å². The van der Waals surface area contributed by atoms with Crippen molar-refractivity contribution in [2.45, 2.75) is 105 Å². The monoisotopic (exact) mass is 444 g/mol. The second-order valence-corrected chi connectivity index (χ2v) is 11.6. The van der Waals surface area contributed by atoms with Crippen molar-refractivity contribution < 1.29 is 14.3 Å². The predicted octanol–water partition coefficient (Wildman–Crippen LogP) is 7.39. The zero-order valence-corrected chi connectivity index (χ0v) is 21.7. The van der Waals surface area contributed by atoms with E-state index in [1.165, 1.54) is 64.9 Å². The average Bonchev–Trinajstić information content (AvgIpc) is 3.02. The number of hydrogen-bond donors (Lipinski definition) is 0. The fraction of sp³-hybridized carbons (Fsp3) is 0.862. The number of ether oxygens (including phenoxy) is 1. The summed E-state index contributed by atoms with van der Waals surface area (Å²) in [5.74, 6) is 3.06. The van der Waals surface area contributed by atoms with Gasteiger partial charge < -0.3 is 4.74 Å². The van der Waals surface area contributed by atoms with Crippen LogP contribution < -0.4 is 0 Å². The van der Waals surface area contributed by atoms with Crippen LogP contribution in [0, 0.1) is 46.3 Å². The first kappa shape index (κ1) is 25.5. The highest BCUT2D eigenvalue weighted by atomic mass is 16.5. The molecule has 0 saturated heterocycles. The van der Waals surface area contributed by atoms with Gasteiger partial charge in [0.15, 0.2) is 5.78 Å². The Hall–Kier alpha value is -1.12. The number of rotatable bonds is 4. The smallest absolute Gasteiger partial charge is 0.305 e. The van der Waals surface area contributed by atoms with Gasteiger partial charge in [-0.2, -0.15) is 0 Å². The minimum absolute atomic E-state index is 0.101. The first-order valence-corrected chi connectivity index (χ1v) is 13.5. The molecule has 4 fully saturated rings. The van der Waals surface area contributed by atoms with Gasteiger partial charge in [-0.05, 0) is 90.9 Å². The summed E-state index contributed by atoms with van der Waals surface area (Å²) >= 11 is 0. The summed E-state index contributed by atoms with van der Waals surface area (Å²) in [5, 5.41) is 0. The van der Waals surface area contributed by atoms with Crippen LogP contribution in [0.3, 0.4) is 0 Å². The van der Waals surface area contributed by atoms with Gasteiger partial charge in [-0.25, -0.2) is 0 Å². The summed E-state index contributed by atoms with van der Waals surface area (Å²) in [6.07, 6.45) is 12.5. The molecule has 7 unspecified atom stereocenters. The van der Waals surface area contributed by atoms with Crippen LogP contribution in [0.5, 0.6) is 0 Å². The van der Waals surface area contributed by atoms with Crippen LogP contribution in [0.1, 0.15) is 105 Å². The van der Waals surface area contributed by atoms with E-state index >= 15 is 0 Å². The van der Waals surface area contributed by atoms with Crippen LogP contribution in [-0.2, 0) is 14.3 Å². The molecule has 0 aromatic heterocycles. The van der Waals surface area contributed by atoms with Crippen LogP contribution in [0.15, 0.2) is 12.2 Å². The number of fused-ring (bicyclic) bond motifs is 5. The first-order valence-electron chi connectivity index (χ1n) is 13.5. The topological polar surface area (TPSA) is 43.4 Å². The summed E-state index contributed by atoms with van der Waals surface area (Å²) < 4.78 is 4.87. The Labute approximate surface area is 197 Å². The average molecular weight is 445 g/mol. The van der Waals surface area contributed by atoms with Gasteiger partial charge in [0.05, 0.1) is 7.11 Å². The van der Waals surface area contributed by atoms with Crippen molar-refractivity contribution in [3.63, 3.8) is 0 Å². The standard InChI is InChI=1S/C27H42O3.C2H6/c1-17(10-13-23(28)30-5)19-11-12-21-24-22(14-16-27(19,21)4)26(3)15-8-6-7-9-20(26)18(2)25(24)29;1-2/h17,19-22,24H,2,6-16H2,1,3-5H3;1-2H3/t17-,19?,20?,21?,22?,24?,26?,27?;/m1./s1. The third-order valence-electron chi connectivity index (χ3n) is 10.5. The minimum Gasteiger partial charge on any atom is -0.469 e. The van der Waals surface area contributed by atoms with Gasteiger partial charge >= 0.3 is 5.97 Å². The third-order valence-corrected chi connectivity index (χ3v) is 10.5. The molecule has 0 amide bonds. The molecule has 8 atom stereocenters. The van der Waals surface area contributed by atoms with Crippen molar-refractivity contribution in [2.24, 2.45) is 46.3 Å². The molecule has 0 heterocycles. The lowest BCUT2D eigenvalue weighted by molar-refractivity contribution is -0.144. The number of esters is 1. The molecule has 0 aromatic rings. The number of ketones is 1. The normalized spacial score (nSPS) is 41.9. The lowest BCUT2D eigenvalue weighted by Crippen LogP contribution is -2.56. The maximum atomic E-state index is 13.7. The molecule has 4 saturated carbocycles. The molecule has 0 aromatic carbocycles. The lowest BCUT2D eigenvalue weighted by Gasteiger charge is -2.59. The first-order chi connectivity index (χ1) is 15.2. The van der Waals surface area contributed by atoms with Crippen molar-refractivity contribution in [3.05, 3.63) is 12.2 Å². The summed E-state index contributed by atoms with van der Waals surface area (Å²) in [5.41, 5.74) is 1.45. The molecule has 0 spiro atoms. The van der Waals surface area contributed by atoms with Gasteiger partial charge in [0.2, 0.25) is 0 Å². The van der Waals surface area contributed by atoms with Crippen LogP contribution >= 0.6 is 0 Å². The Balaban J connectivity index is 0.00000141. The van der Waals surface area contributed by atoms with E-state index in [4.69, 9.17) is 4.74 Å². The molecule has 3 nitrogen and oxygen atoms in total. The largest absolute Gasteiger partial charge is 0.469 e. The molecule has 0 N–H and O–H groups in total. The van der Waals surface area contributed by atoms with Crippen molar-refractivity contribution in [1.82, 2.24) is 0 Å². The van der Waals surface area contributed by atoms with Crippen LogP contribution in [-0.4, -0.2) is 18.9 Å². The van der Waals surface area contributed by atoms with E-state index in [9.17, 15) is 9.59 Å². The number of hydrogen-bond acceptors (Lipinski definition) is 3. The zero-order valence-electron chi connectivity index (χ0n) is 21.7. The van der Waals surface area contributed by atoms with E-state index in [0.717, 1.165) is 12.0 Å². The minimum atomic E-state index is -0.101. The predicted molar refractivity (Wildman–Crippen MR) is 131 cm³/mol. The van der Waals surface area contributed by atoms with Gasteiger partial charge in [-0.15, -0.1) is 0 Å². The summed E-state index contributed by atoms with van der Waals surface area (Å²) in [6, 6.07) is 0. The Kier molecular flexibility index (Phi) is 7.98. The van der Waals surface area contributed by atoms with Crippen LogP contribution in [0.4, 0.5) is 0 Å². The summed E-state index contributed by atoms with van der Waals surface area (Å²) in [6.45, 7) is 15.7. The number of methoxy groups -OCH3 is 1. The van der Waals surface area contributed by atoms with E-state index in [0.29, 0.717) is 41.8 Å². The molecular weight excluding hydrogens is 396 g/mol. The molecule has 32 heavy (non-hydrogen) atoms. The Bertz CT molecular complexity index is 711. The summed E-state index contributed by atoms with van der Waals surface area (Å²) in [7, 11) is 1.48. The van der Waals surface area contributed by atoms with E-state index < -0.39 is 0 Å². The fourth-order valence-electron chi connectivity index (χ4n) is 8.81. The highest BCUT2D eigenvalue weighted by Gasteiger charge is 2.63. The molecule has 0 aliphatic heterocycles. The van der Waals surface area contributed by atoms with Crippen molar-refractivity contribution in [3.8, 4) is 0 Å². The van der Waals surface area contributed by atoms with Gasteiger partial charge in [0.1, 0.15) is 0 Å². The Morgan fingerprint density at radius 1 is 1.03 bits per heavy atom. The van der Waals surface area contributed by atoms with Crippen LogP contribution in [0.25, 0.3) is 0 Å². The zero-order chi connectivity index (χ0) is 23.7. The lowest BCUT2D eigenvalue weighted by atomic mass is 9.44. The molecule has 4 aliphatic rings. The van der Waals surface area contributed by atoms with Gasteiger partial charge in [0.25, 0.3) is 0 Å². The summed E-state index contributed by atoms with van der Waals surface area (Å²) in [4.78, 5) is 25.4. The molecule has 3 heteroatoms. The second-order valence-electron chi connectivity index (χ2n) is 11.6. The molecular formula is C29H48O3. The molecule has 4 aliphatic carbocycles. The van der Waals surface area contributed by atoms with Crippen LogP contribution in [0.2, 0.25) is 0 Å². The molecule has 182 valence electrons. The molecule has 4 rings (SSSR count). The maximum absolute atomic E-state index is 13.7. The van der Waals surface area contributed by atoms with E-state index in [-0.39, 0.29) is 22.7 Å². The van der Waals surface area contributed by atoms with Crippen molar-refractivity contribution in [1.29, 1.82) is 0 Å². The second kappa shape index (κ2) is 10.0. The van der Waals surface area contributed by atoms with Gasteiger partial charge in [-0.1, -0.05) is 60.5 Å². The Morgan fingerprint density at radius 2 is 1.72 bits per heavy atom. The number of allylic oxidation sites excluding steroid dienone is 1. The molecule has 0 bridgehead atoms. The van der Waals surface area contributed by atoms with E-state index in [1.807, 2.05) is 13.8 Å². The fourth-order valence-corrected chi connectivity index (χ4v) is 8.81. The van der Waals surface area contributed by atoms with E-state index in [1.54, 1.807) is 0 Å².